The Kier molecular flexibility index (Phi) is 4.11. The molecule has 0 aliphatic carbocycles. The topological polar surface area (TPSA) is 22.1 Å². The Bertz CT molecular complexity index is 593. The van der Waals surface area contributed by atoms with E-state index in [0.29, 0.717) is 11.1 Å². The molecule has 1 heterocycles. The van der Waals surface area contributed by atoms with Gasteiger partial charge in [0.15, 0.2) is 0 Å². The predicted octanol–water partition coefficient (Wildman–Crippen LogP) is 5.27. The van der Waals surface area contributed by atoms with Crippen LogP contribution in [0.4, 0.5) is 0 Å². The number of halogens is 1. The molecule has 0 saturated carbocycles. The predicted molar refractivity (Wildman–Crippen MR) is 79.3 cm³/mol. The molecule has 19 heavy (non-hydrogen) atoms. The van der Waals surface area contributed by atoms with Crippen LogP contribution in [-0.4, -0.2) is 4.98 Å². The van der Waals surface area contributed by atoms with Crippen molar-refractivity contribution in [3.05, 3.63) is 52.3 Å². The summed E-state index contributed by atoms with van der Waals surface area (Å²) < 4.78 is 6.02. The zero-order valence-electron chi connectivity index (χ0n) is 11.7. The van der Waals surface area contributed by atoms with Gasteiger partial charge in [0.25, 0.3) is 0 Å². The van der Waals surface area contributed by atoms with Crippen LogP contribution in [-0.2, 0) is 0 Å². The van der Waals surface area contributed by atoms with E-state index < -0.39 is 0 Å². The molecule has 2 rings (SSSR count). The summed E-state index contributed by atoms with van der Waals surface area (Å²) in [6, 6.07) is 9.89. The summed E-state index contributed by atoms with van der Waals surface area (Å²) >= 11 is 5.86. The fraction of sp³-hybridized carbons (Fsp3) is 0.312. The van der Waals surface area contributed by atoms with Crippen molar-refractivity contribution in [2.45, 2.75) is 33.6 Å². The van der Waals surface area contributed by atoms with Gasteiger partial charge in [0.1, 0.15) is 16.7 Å². The number of benzene rings is 1. The van der Waals surface area contributed by atoms with Crippen molar-refractivity contribution in [1.82, 2.24) is 4.98 Å². The van der Waals surface area contributed by atoms with Crippen molar-refractivity contribution < 1.29 is 4.74 Å². The van der Waals surface area contributed by atoms with Crippen LogP contribution in [0.15, 0.2) is 30.3 Å². The van der Waals surface area contributed by atoms with E-state index in [1.807, 2.05) is 13.0 Å². The summed E-state index contributed by atoms with van der Waals surface area (Å²) in [6.07, 6.45) is 0. The minimum Gasteiger partial charge on any atom is -0.455 e. The van der Waals surface area contributed by atoms with Crippen molar-refractivity contribution >= 4 is 11.6 Å². The van der Waals surface area contributed by atoms with Crippen LogP contribution in [0.5, 0.6) is 11.5 Å². The zero-order chi connectivity index (χ0) is 14.0. The number of nitrogens with zero attached hydrogens (tertiary/aromatic N) is 1. The Morgan fingerprint density at radius 1 is 1.05 bits per heavy atom. The Balaban J connectivity index is 2.39. The van der Waals surface area contributed by atoms with Crippen LogP contribution >= 0.6 is 11.6 Å². The van der Waals surface area contributed by atoms with Gasteiger partial charge in [-0.1, -0.05) is 37.6 Å². The average Bonchev–Trinajstić information content (AvgIpc) is 2.32. The molecule has 100 valence electrons. The maximum Gasteiger partial charge on any atom is 0.148 e. The fourth-order valence-electron chi connectivity index (χ4n) is 1.95. The van der Waals surface area contributed by atoms with Gasteiger partial charge in [-0.05, 0) is 49.1 Å². The minimum atomic E-state index is 0.413. The van der Waals surface area contributed by atoms with Crippen molar-refractivity contribution in [3.63, 3.8) is 0 Å². The molecule has 0 aliphatic heterocycles. The molecular formula is C16H18ClNO. The van der Waals surface area contributed by atoms with E-state index in [1.165, 1.54) is 11.1 Å². The van der Waals surface area contributed by atoms with Crippen molar-refractivity contribution in [2.75, 3.05) is 0 Å². The molecule has 1 aromatic heterocycles. The Labute approximate surface area is 119 Å². The molecule has 0 atom stereocenters. The summed E-state index contributed by atoms with van der Waals surface area (Å²) in [4.78, 5) is 4.21. The van der Waals surface area contributed by atoms with Gasteiger partial charge in [0.2, 0.25) is 0 Å². The van der Waals surface area contributed by atoms with Gasteiger partial charge in [-0.3, -0.25) is 0 Å². The Hall–Kier alpha value is -1.54. The highest BCUT2D eigenvalue weighted by Gasteiger charge is 2.11. The van der Waals surface area contributed by atoms with Gasteiger partial charge in [0.05, 0.1) is 5.69 Å². The quantitative estimate of drug-likeness (QED) is 0.712. The van der Waals surface area contributed by atoms with E-state index in [4.69, 9.17) is 16.3 Å². The molecule has 0 fully saturated rings. The first-order chi connectivity index (χ1) is 8.97. The molecule has 0 amide bonds. The standard InChI is InChI=1S/C16H18ClNO/c1-10(2)13-6-5-11(3)9-15(13)19-14-7-8-16(17)18-12(14)4/h5-10H,1-4H3. The number of ether oxygens (including phenoxy) is 1. The highest BCUT2D eigenvalue weighted by atomic mass is 35.5. The smallest absolute Gasteiger partial charge is 0.148 e. The Morgan fingerprint density at radius 3 is 2.42 bits per heavy atom. The zero-order valence-corrected chi connectivity index (χ0v) is 12.5. The molecule has 0 aliphatic rings. The molecular weight excluding hydrogens is 258 g/mol. The number of aryl methyl sites for hydroxylation is 2. The molecule has 0 spiro atoms. The summed E-state index contributed by atoms with van der Waals surface area (Å²) in [5.74, 6) is 2.05. The van der Waals surface area contributed by atoms with Crippen LogP contribution in [0.25, 0.3) is 0 Å². The number of rotatable bonds is 3. The first kappa shape index (κ1) is 13.9. The van der Waals surface area contributed by atoms with Gasteiger partial charge in [-0.25, -0.2) is 4.98 Å². The van der Waals surface area contributed by atoms with Crippen LogP contribution in [0.3, 0.4) is 0 Å². The third-order valence-electron chi connectivity index (χ3n) is 3.01. The molecule has 1 aromatic carbocycles. The summed E-state index contributed by atoms with van der Waals surface area (Å²) in [5, 5.41) is 0.484. The molecule has 3 heteroatoms. The molecule has 0 radical (unpaired) electrons. The molecule has 0 saturated heterocycles. The minimum absolute atomic E-state index is 0.413. The highest BCUT2D eigenvalue weighted by Crippen LogP contribution is 2.32. The average molecular weight is 276 g/mol. The van der Waals surface area contributed by atoms with E-state index in [-0.39, 0.29) is 0 Å². The second-order valence-corrected chi connectivity index (χ2v) is 5.40. The number of pyridine rings is 1. The first-order valence-electron chi connectivity index (χ1n) is 6.39. The van der Waals surface area contributed by atoms with Crippen LogP contribution < -0.4 is 4.74 Å². The maximum absolute atomic E-state index is 6.02. The molecule has 0 bridgehead atoms. The van der Waals surface area contributed by atoms with E-state index in [2.05, 4.69) is 44.0 Å². The van der Waals surface area contributed by atoms with Crippen LogP contribution in [0.1, 0.15) is 36.6 Å². The van der Waals surface area contributed by atoms with E-state index in [0.717, 1.165) is 17.2 Å². The van der Waals surface area contributed by atoms with E-state index in [1.54, 1.807) is 6.07 Å². The number of aromatic nitrogens is 1. The van der Waals surface area contributed by atoms with Crippen molar-refractivity contribution in [2.24, 2.45) is 0 Å². The molecule has 2 aromatic rings. The molecule has 0 unspecified atom stereocenters. The Morgan fingerprint density at radius 2 is 1.79 bits per heavy atom. The SMILES string of the molecule is Cc1ccc(C(C)C)c(Oc2ccc(Cl)nc2C)c1. The lowest BCUT2D eigenvalue weighted by molar-refractivity contribution is 0.466. The van der Waals surface area contributed by atoms with Crippen LogP contribution in [0.2, 0.25) is 5.15 Å². The third-order valence-corrected chi connectivity index (χ3v) is 3.22. The monoisotopic (exact) mass is 275 g/mol. The first-order valence-corrected chi connectivity index (χ1v) is 6.76. The molecule has 2 nitrogen and oxygen atoms in total. The van der Waals surface area contributed by atoms with Gasteiger partial charge in [-0.2, -0.15) is 0 Å². The molecule has 0 N–H and O–H groups in total. The van der Waals surface area contributed by atoms with Crippen LogP contribution in [0, 0.1) is 13.8 Å². The van der Waals surface area contributed by atoms with Gasteiger partial charge < -0.3 is 4.74 Å². The highest BCUT2D eigenvalue weighted by molar-refractivity contribution is 6.29. The summed E-state index contributed by atoms with van der Waals surface area (Å²) in [5.41, 5.74) is 3.17. The lowest BCUT2D eigenvalue weighted by Gasteiger charge is -2.15. The number of hydrogen-bond acceptors (Lipinski definition) is 2. The van der Waals surface area contributed by atoms with Gasteiger partial charge in [-0.15, -0.1) is 0 Å². The second-order valence-electron chi connectivity index (χ2n) is 5.02. The second kappa shape index (κ2) is 5.62. The third kappa shape index (κ3) is 3.27. The summed E-state index contributed by atoms with van der Waals surface area (Å²) in [7, 11) is 0. The van der Waals surface area contributed by atoms with E-state index in [9.17, 15) is 0 Å². The normalized spacial score (nSPS) is 10.8. The lowest BCUT2D eigenvalue weighted by Crippen LogP contribution is -1.97. The van der Waals surface area contributed by atoms with E-state index >= 15 is 0 Å². The number of hydrogen-bond donors (Lipinski definition) is 0. The van der Waals surface area contributed by atoms with Gasteiger partial charge >= 0.3 is 0 Å². The van der Waals surface area contributed by atoms with Gasteiger partial charge in [0, 0.05) is 0 Å². The van der Waals surface area contributed by atoms with Crippen molar-refractivity contribution in [1.29, 1.82) is 0 Å². The maximum atomic E-state index is 6.02. The lowest BCUT2D eigenvalue weighted by atomic mass is 10.0. The van der Waals surface area contributed by atoms with Crippen molar-refractivity contribution in [3.8, 4) is 11.5 Å². The summed E-state index contributed by atoms with van der Waals surface area (Å²) in [6.45, 7) is 8.27. The largest absolute Gasteiger partial charge is 0.455 e. The fourth-order valence-corrected chi connectivity index (χ4v) is 2.14.